The lowest BCUT2D eigenvalue weighted by atomic mass is 9.82. The minimum atomic E-state index is -3.69. The van der Waals surface area contributed by atoms with Crippen molar-refractivity contribution < 1.29 is 17.4 Å². The van der Waals surface area contributed by atoms with Crippen LogP contribution in [0.5, 0.6) is 0 Å². The van der Waals surface area contributed by atoms with Crippen molar-refractivity contribution >= 4 is 16.0 Å². The van der Waals surface area contributed by atoms with Gasteiger partial charge in [0.2, 0.25) is 5.91 Å². The standard InChI is InChI=1S/C19H27NO4S/c1-15-4-10-18(11-5-15)25(22,23)24-14-16-6-8-17(9-7-16)19(21)20-12-2-3-13-20/h4-5,10-11,16-17H,2-3,6-9,12-14H2,1H3. The number of rotatable bonds is 5. The Morgan fingerprint density at radius 2 is 1.68 bits per heavy atom. The monoisotopic (exact) mass is 365 g/mol. The third-order valence-corrected chi connectivity index (χ3v) is 6.68. The number of hydrogen-bond donors (Lipinski definition) is 0. The van der Waals surface area contributed by atoms with Gasteiger partial charge in [-0.1, -0.05) is 17.7 Å². The lowest BCUT2D eigenvalue weighted by Crippen LogP contribution is -2.36. The van der Waals surface area contributed by atoms with Gasteiger partial charge in [0, 0.05) is 19.0 Å². The van der Waals surface area contributed by atoms with Gasteiger partial charge in [-0.15, -0.1) is 0 Å². The van der Waals surface area contributed by atoms with E-state index in [4.69, 9.17) is 4.18 Å². The van der Waals surface area contributed by atoms with Crippen molar-refractivity contribution in [2.75, 3.05) is 19.7 Å². The molecule has 2 aliphatic rings. The van der Waals surface area contributed by atoms with E-state index in [0.717, 1.165) is 57.2 Å². The molecule has 1 saturated heterocycles. The van der Waals surface area contributed by atoms with Gasteiger partial charge in [-0.05, 0) is 63.5 Å². The van der Waals surface area contributed by atoms with Crippen molar-refractivity contribution in [3.63, 3.8) is 0 Å². The highest BCUT2D eigenvalue weighted by molar-refractivity contribution is 7.86. The fourth-order valence-electron chi connectivity index (χ4n) is 3.73. The van der Waals surface area contributed by atoms with Crippen LogP contribution in [0.1, 0.15) is 44.1 Å². The third kappa shape index (κ3) is 4.61. The van der Waals surface area contributed by atoms with Crippen molar-refractivity contribution in [1.29, 1.82) is 0 Å². The summed E-state index contributed by atoms with van der Waals surface area (Å²) in [6.07, 6.45) is 5.63. The zero-order valence-electron chi connectivity index (χ0n) is 14.8. The number of aryl methyl sites for hydroxylation is 1. The Kier molecular flexibility index (Phi) is 5.79. The Morgan fingerprint density at radius 1 is 1.08 bits per heavy atom. The largest absolute Gasteiger partial charge is 0.342 e. The van der Waals surface area contributed by atoms with Crippen LogP contribution in [0.3, 0.4) is 0 Å². The van der Waals surface area contributed by atoms with E-state index in [2.05, 4.69) is 0 Å². The zero-order chi connectivity index (χ0) is 17.9. The summed E-state index contributed by atoms with van der Waals surface area (Å²) >= 11 is 0. The Hall–Kier alpha value is -1.40. The van der Waals surface area contributed by atoms with E-state index in [1.54, 1.807) is 24.3 Å². The molecule has 3 rings (SSSR count). The van der Waals surface area contributed by atoms with Crippen molar-refractivity contribution in [3.8, 4) is 0 Å². The van der Waals surface area contributed by atoms with E-state index >= 15 is 0 Å². The molecule has 0 N–H and O–H groups in total. The maximum Gasteiger partial charge on any atom is 0.296 e. The van der Waals surface area contributed by atoms with Crippen molar-refractivity contribution in [2.24, 2.45) is 11.8 Å². The van der Waals surface area contributed by atoms with Crippen LogP contribution in [-0.4, -0.2) is 38.9 Å². The number of nitrogens with zero attached hydrogens (tertiary/aromatic N) is 1. The second-order valence-corrected chi connectivity index (χ2v) is 8.92. The van der Waals surface area contributed by atoms with Gasteiger partial charge in [-0.3, -0.25) is 8.98 Å². The first-order valence-corrected chi connectivity index (χ1v) is 10.6. The number of carbonyl (C=O) groups excluding carboxylic acids is 1. The number of hydrogen-bond acceptors (Lipinski definition) is 4. The van der Waals surface area contributed by atoms with E-state index in [0.29, 0.717) is 5.91 Å². The van der Waals surface area contributed by atoms with E-state index in [-0.39, 0.29) is 23.3 Å². The van der Waals surface area contributed by atoms with Crippen LogP contribution in [0, 0.1) is 18.8 Å². The summed E-state index contributed by atoms with van der Waals surface area (Å²) in [5.41, 5.74) is 1.01. The molecule has 0 atom stereocenters. The van der Waals surface area contributed by atoms with Gasteiger partial charge in [-0.2, -0.15) is 8.42 Å². The average molecular weight is 365 g/mol. The maximum atomic E-state index is 12.4. The van der Waals surface area contributed by atoms with Gasteiger partial charge in [0.05, 0.1) is 11.5 Å². The number of carbonyl (C=O) groups is 1. The lowest BCUT2D eigenvalue weighted by molar-refractivity contribution is -0.135. The minimum Gasteiger partial charge on any atom is -0.342 e. The lowest BCUT2D eigenvalue weighted by Gasteiger charge is -2.30. The minimum absolute atomic E-state index is 0.114. The second kappa shape index (κ2) is 7.87. The van der Waals surface area contributed by atoms with Crippen LogP contribution in [0.2, 0.25) is 0 Å². The zero-order valence-corrected chi connectivity index (χ0v) is 15.6. The van der Waals surface area contributed by atoms with Crippen LogP contribution in [0.4, 0.5) is 0 Å². The third-order valence-electron chi connectivity index (χ3n) is 5.38. The van der Waals surface area contributed by atoms with Gasteiger partial charge in [0.1, 0.15) is 0 Å². The average Bonchev–Trinajstić information content (AvgIpc) is 3.15. The number of likely N-dealkylation sites (tertiary alicyclic amines) is 1. The first kappa shape index (κ1) is 18.4. The van der Waals surface area contributed by atoms with Crippen LogP contribution >= 0.6 is 0 Å². The maximum absolute atomic E-state index is 12.4. The van der Waals surface area contributed by atoms with Gasteiger partial charge in [-0.25, -0.2) is 0 Å². The number of benzene rings is 1. The highest BCUT2D eigenvalue weighted by Crippen LogP contribution is 2.31. The molecule has 1 heterocycles. The molecule has 0 radical (unpaired) electrons. The van der Waals surface area contributed by atoms with E-state index in [1.165, 1.54) is 0 Å². The molecule has 5 nitrogen and oxygen atoms in total. The van der Waals surface area contributed by atoms with E-state index in [1.807, 2.05) is 11.8 Å². The Labute approximate surface area is 150 Å². The first-order valence-electron chi connectivity index (χ1n) is 9.20. The number of amides is 1. The Morgan fingerprint density at radius 3 is 2.28 bits per heavy atom. The second-order valence-electron chi connectivity index (χ2n) is 7.30. The predicted octanol–water partition coefficient (Wildman–Crippen LogP) is 3.13. The van der Waals surface area contributed by atoms with Gasteiger partial charge < -0.3 is 4.90 Å². The molecule has 1 saturated carbocycles. The summed E-state index contributed by atoms with van der Waals surface area (Å²) < 4.78 is 29.8. The van der Waals surface area contributed by atoms with Crippen LogP contribution in [0.15, 0.2) is 29.2 Å². The summed E-state index contributed by atoms with van der Waals surface area (Å²) in [5, 5.41) is 0. The smallest absolute Gasteiger partial charge is 0.296 e. The summed E-state index contributed by atoms with van der Waals surface area (Å²) in [6, 6.07) is 6.70. The first-order chi connectivity index (χ1) is 12.0. The van der Waals surface area contributed by atoms with Crippen molar-refractivity contribution in [2.45, 2.75) is 50.3 Å². The van der Waals surface area contributed by atoms with E-state index in [9.17, 15) is 13.2 Å². The van der Waals surface area contributed by atoms with Gasteiger partial charge in [0.25, 0.3) is 10.1 Å². The molecular formula is C19H27NO4S. The highest BCUT2D eigenvalue weighted by Gasteiger charge is 2.31. The SMILES string of the molecule is Cc1ccc(S(=O)(=O)OCC2CCC(C(=O)N3CCCC3)CC2)cc1. The normalized spacial score (nSPS) is 24.4. The molecule has 1 aliphatic heterocycles. The molecule has 1 amide bonds. The van der Waals surface area contributed by atoms with Crippen molar-refractivity contribution in [3.05, 3.63) is 29.8 Å². The molecule has 1 aromatic rings. The van der Waals surface area contributed by atoms with E-state index < -0.39 is 10.1 Å². The molecule has 1 aliphatic carbocycles. The molecular weight excluding hydrogens is 338 g/mol. The summed E-state index contributed by atoms with van der Waals surface area (Å²) in [6.45, 7) is 3.92. The molecule has 6 heteroatoms. The molecule has 2 fully saturated rings. The molecule has 138 valence electrons. The fourth-order valence-corrected chi connectivity index (χ4v) is 4.71. The van der Waals surface area contributed by atoms with Gasteiger partial charge >= 0.3 is 0 Å². The Balaban J connectivity index is 1.47. The van der Waals surface area contributed by atoms with Crippen LogP contribution in [-0.2, 0) is 19.1 Å². The molecule has 0 spiro atoms. The molecule has 25 heavy (non-hydrogen) atoms. The van der Waals surface area contributed by atoms with Crippen molar-refractivity contribution in [1.82, 2.24) is 4.90 Å². The molecule has 1 aromatic carbocycles. The molecule has 0 bridgehead atoms. The van der Waals surface area contributed by atoms with Crippen LogP contribution < -0.4 is 0 Å². The molecule has 0 aromatic heterocycles. The topological polar surface area (TPSA) is 63.7 Å². The van der Waals surface area contributed by atoms with Gasteiger partial charge in [0.15, 0.2) is 0 Å². The Bertz CT molecular complexity index is 685. The molecule has 0 unspecified atom stereocenters. The van der Waals surface area contributed by atoms with Crippen LogP contribution in [0.25, 0.3) is 0 Å². The predicted molar refractivity (Wildman–Crippen MR) is 95.6 cm³/mol. The summed E-state index contributed by atoms with van der Waals surface area (Å²) in [4.78, 5) is 14.6. The highest BCUT2D eigenvalue weighted by atomic mass is 32.2. The summed E-state index contributed by atoms with van der Waals surface area (Å²) in [7, 11) is -3.69. The quantitative estimate of drug-likeness (QED) is 0.752. The fraction of sp³-hybridized carbons (Fsp3) is 0.632. The summed E-state index contributed by atoms with van der Waals surface area (Å²) in [5.74, 6) is 0.620.